The zero-order valence-corrected chi connectivity index (χ0v) is 13.4. The molecule has 1 aliphatic heterocycles. The highest BCUT2D eigenvalue weighted by Crippen LogP contribution is 2.25. The molecule has 1 aromatic rings. The van der Waals surface area contributed by atoms with Gasteiger partial charge in [-0.1, -0.05) is 20.8 Å². The molecule has 0 aliphatic carbocycles. The molecule has 0 bridgehead atoms. The van der Waals surface area contributed by atoms with Crippen molar-refractivity contribution in [2.75, 3.05) is 13.1 Å². The topological polar surface area (TPSA) is 59.2 Å². The molecule has 2 N–H and O–H groups in total. The Morgan fingerprint density at radius 3 is 3.00 bits per heavy atom. The molecule has 0 spiro atoms. The molecule has 5 heteroatoms. The second-order valence-electron chi connectivity index (χ2n) is 6.15. The van der Waals surface area contributed by atoms with Gasteiger partial charge in [0, 0.05) is 30.9 Å². The summed E-state index contributed by atoms with van der Waals surface area (Å²) < 4.78 is 0. The van der Waals surface area contributed by atoms with E-state index in [1.807, 2.05) is 10.3 Å². The highest BCUT2D eigenvalue weighted by atomic mass is 32.1. The first kappa shape index (κ1) is 15.4. The van der Waals surface area contributed by atoms with E-state index in [1.165, 1.54) is 0 Å². The largest absolute Gasteiger partial charge is 0.333 e. The Morgan fingerprint density at radius 1 is 1.60 bits per heavy atom. The van der Waals surface area contributed by atoms with Gasteiger partial charge in [-0.15, -0.1) is 11.3 Å². The van der Waals surface area contributed by atoms with E-state index in [1.54, 1.807) is 11.3 Å². The van der Waals surface area contributed by atoms with Crippen molar-refractivity contribution in [1.29, 1.82) is 0 Å². The molecule has 1 fully saturated rings. The van der Waals surface area contributed by atoms with Crippen molar-refractivity contribution in [2.24, 2.45) is 17.6 Å². The van der Waals surface area contributed by atoms with Crippen LogP contribution in [0.5, 0.6) is 0 Å². The maximum absolute atomic E-state index is 12.6. The van der Waals surface area contributed by atoms with Crippen LogP contribution in [0.25, 0.3) is 0 Å². The number of amides is 1. The number of thiazole rings is 1. The van der Waals surface area contributed by atoms with Crippen LogP contribution in [0, 0.1) is 11.8 Å². The third-order valence-electron chi connectivity index (χ3n) is 3.97. The molecule has 0 unspecified atom stereocenters. The van der Waals surface area contributed by atoms with Crippen molar-refractivity contribution < 1.29 is 4.79 Å². The number of carbonyl (C=O) groups excluding carboxylic acids is 1. The van der Waals surface area contributed by atoms with Crippen LogP contribution in [-0.2, 0) is 6.42 Å². The summed E-state index contributed by atoms with van der Waals surface area (Å²) in [4.78, 5) is 19.1. The zero-order chi connectivity index (χ0) is 14.7. The lowest BCUT2D eigenvalue weighted by Gasteiger charge is -2.39. The SMILES string of the molecule is CC(C)Cc1nc(C(=O)N2CCC[C@H](C)[C@@H]2CN)cs1. The molecule has 20 heavy (non-hydrogen) atoms. The Hall–Kier alpha value is -0.940. The molecule has 2 atom stereocenters. The lowest BCUT2D eigenvalue weighted by Crippen LogP contribution is -2.51. The Morgan fingerprint density at radius 2 is 2.35 bits per heavy atom. The van der Waals surface area contributed by atoms with Crippen molar-refractivity contribution in [3.05, 3.63) is 16.1 Å². The number of piperidine rings is 1. The van der Waals surface area contributed by atoms with Crippen LogP contribution < -0.4 is 5.73 Å². The third-order valence-corrected chi connectivity index (χ3v) is 4.84. The summed E-state index contributed by atoms with van der Waals surface area (Å²) in [6, 6.07) is 0.159. The average Bonchev–Trinajstić information content (AvgIpc) is 2.85. The third kappa shape index (κ3) is 3.38. The summed E-state index contributed by atoms with van der Waals surface area (Å²) in [6.45, 7) is 7.86. The van der Waals surface area contributed by atoms with Gasteiger partial charge >= 0.3 is 0 Å². The minimum absolute atomic E-state index is 0.0539. The van der Waals surface area contributed by atoms with Crippen LogP contribution in [0.3, 0.4) is 0 Å². The van der Waals surface area contributed by atoms with Gasteiger partial charge < -0.3 is 10.6 Å². The molecule has 0 radical (unpaired) electrons. The summed E-state index contributed by atoms with van der Waals surface area (Å²) in [5.74, 6) is 1.10. The molecule has 4 nitrogen and oxygen atoms in total. The molecule has 2 heterocycles. The van der Waals surface area contributed by atoms with Crippen molar-refractivity contribution in [2.45, 2.75) is 46.1 Å². The first-order valence-electron chi connectivity index (χ1n) is 7.48. The second kappa shape index (κ2) is 6.68. The van der Waals surface area contributed by atoms with E-state index in [-0.39, 0.29) is 11.9 Å². The molecule has 0 saturated carbocycles. The number of likely N-dealkylation sites (tertiary alicyclic amines) is 1. The molecule has 0 aromatic carbocycles. The van der Waals surface area contributed by atoms with E-state index < -0.39 is 0 Å². The summed E-state index contributed by atoms with van der Waals surface area (Å²) in [6.07, 6.45) is 3.16. The van der Waals surface area contributed by atoms with Crippen LogP contribution in [0.2, 0.25) is 0 Å². The van der Waals surface area contributed by atoms with Crippen LogP contribution in [0.15, 0.2) is 5.38 Å². The molecular formula is C15H25N3OS. The minimum Gasteiger partial charge on any atom is -0.333 e. The quantitative estimate of drug-likeness (QED) is 0.928. The van der Waals surface area contributed by atoms with Crippen molar-refractivity contribution in [3.8, 4) is 0 Å². The van der Waals surface area contributed by atoms with Gasteiger partial charge in [0.05, 0.1) is 5.01 Å². The van der Waals surface area contributed by atoms with Crippen molar-refractivity contribution in [1.82, 2.24) is 9.88 Å². The number of hydrogen-bond acceptors (Lipinski definition) is 4. The van der Waals surface area contributed by atoms with Gasteiger partial charge in [-0.2, -0.15) is 0 Å². The Labute approximate surface area is 125 Å². The molecular weight excluding hydrogens is 270 g/mol. The van der Waals surface area contributed by atoms with Crippen molar-refractivity contribution >= 4 is 17.2 Å². The summed E-state index contributed by atoms with van der Waals surface area (Å²) in [7, 11) is 0. The van der Waals surface area contributed by atoms with E-state index in [0.717, 1.165) is 30.8 Å². The van der Waals surface area contributed by atoms with Gasteiger partial charge in [-0.3, -0.25) is 4.79 Å². The van der Waals surface area contributed by atoms with Gasteiger partial charge in [0.15, 0.2) is 0 Å². The highest BCUT2D eigenvalue weighted by molar-refractivity contribution is 7.09. The second-order valence-corrected chi connectivity index (χ2v) is 7.09. The predicted molar refractivity (Wildman–Crippen MR) is 82.9 cm³/mol. The summed E-state index contributed by atoms with van der Waals surface area (Å²) >= 11 is 1.59. The van der Waals surface area contributed by atoms with Crippen LogP contribution >= 0.6 is 11.3 Å². The van der Waals surface area contributed by atoms with E-state index >= 15 is 0 Å². The lowest BCUT2D eigenvalue weighted by atomic mass is 9.90. The van der Waals surface area contributed by atoms with Gasteiger partial charge in [0.2, 0.25) is 0 Å². The number of hydrogen-bond donors (Lipinski definition) is 1. The molecule has 1 aliphatic rings. The van der Waals surface area contributed by atoms with E-state index in [9.17, 15) is 4.79 Å². The van der Waals surface area contributed by atoms with E-state index in [4.69, 9.17) is 5.73 Å². The zero-order valence-electron chi connectivity index (χ0n) is 12.6. The molecule has 2 rings (SSSR count). The Balaban J connectivity index is 2.11. The minimum atomic E-state index is 0.0539. The first-order valence-corrected chi connectivity index (χ1v) is 8.36. The Kier molecular flexibility index (Phi) is 5.16. The Bertz CT molecular complexity index is 458. The summed E-state index contributed by atoms with van der Waals surface area (Å²) in [5, 5.41) is 2.95. The van der Waals surface area contributed by atoms with Crippen LogP contribution in [0.4, 0.5) is 0 Å². The van der Waals surface area contributed by atoms with E-state index in [0.29, 0.717) is 24.1 Å². The maximum Gasteiger partial charge on any atom is 0.273 e. The highest BCUT2D eigenvalue weighted by Gasteiger charge is 2.32. The number of nitrogens with zero attached hydrogens (tertiary/aromatic N) is 2. The van der Waals surface area contributed by atoms with Gasteiger partial charge in [0.25, 0.3) is 5.91 Å². The number of nitrogens with two attached hydrogens (primary N) is 1. The number of aromatic nitrogens is 1. The van der Waals surface area contributed by atoms with Crippen LogP contribution in [-0.4, -0.2) is 34.9 Å². The fourth-order valence-electron chi connectivity index (χ4n) is 2.86. The monoisotopic (exact) mass is 295 g/mol. The maximum atomic E-state index is 12.6. The number of rotatable bonds is 4. The summed E-state index contributed by atoms with van der Waals surface area (Å²) in [5.41, 5.74) is 6.45. The standard InChI is InChI=1S/C15H25N3OS/c1-10(2)7-14-17-12(9-20-14)15(19)18-6-4-5-11(3)13(18)8-16/h9-11,13H,4-8,16H2,1-3H3/t11-,13-/m0/s1. The normalized spacial score (nSPS) is 23.4. The molecule has 1 amide bonds. The average molecular weight is 295 g/mol. The lowest BCUT2D eigenvalue weighted by molar-refractivity contribution is 0.0527. The molecule has 112 valence electrons. The fourth-order valence-corrected chi connectivity index (χ4v) is 3.84. The van der Waals surface area contributed by atoms with Gasteiger partial charge in [-0.25, -0.2) is 4.98 Å². The predicted octanol–water partition coefficient (Wildman–Crippen LogP) is 2.54. The number of carbonyl (C=O) groups is 1. The first-order chi connectivity index (χ1) is 9.52. The van der Waals surface area contributed by atoms with Gasteiger partial charge in [-0.05, 0) is 24.7 Å². The van der Waals surface area contributed by atoms with Crippen molar-refractivity contribution in [3.63, 3.8) is 0 Å². The smallest absolute Gasteiger partial charge is 0.273 e. The molecule has 1 aromatic heterocycles. The molecule has 1 saturated heterocycles. The van der Waals surface area contributed by atoms with Gasteiger partial charge in [0.1, 0.15) is 5.69 Å². The fraction of sp³-hybridized carbons (Fsp3) is 0.733. The van der Waals surface area contributed by atoms with Crippen LogP contribution in [0.1, 0.15) is 49.1 Å². The van der Waals surface area contributed by atoms with E-state index in [2.05, 4.69) is 25.8 Å².